The van der Waals surface area contributed by atoms with Gasteiger partial charge in [-0.2, -0.15) is 0 Å². The van der Waals surface area contributed by atoms with E-state index in [1.54, 1.807) is 6.92 Å². The summed E-state index contributed by atoms with van der Waals surface area (Å²) in [6.07, 6.45) is 2.06. The molecule has 1 unspecified atom stereocenters. The first-order valence-corrected chi connectivity index (χ1v) is 4.57. The predicted molar refractivity (Wildman–Crippen MR) is 35.4 cm³/mol. The maximum absolute atomic E-state index is 10.7. The van der Waals surface area contributed by atoms with Crippen molar-refractivity contribution in [3.63, 3.8) is 0 Å². The van der Waals surface area contributed by atoms with Gasteiger partial charge >= 0.3 is 0 Å². The van der Waals surface area contributed by atoms with Crippen LogP contribution in [0.3, 0.4) is 0 Å². The summed E-state index contributed by atoms with van der Waals surface area (Å²) in [5, 5.41) is 0. The molecule has 0 bridgehead atoms. The molecule has 8 heavy (non-hydrogen) atoms. The Morgan fingerprint density at radius 1 is 1.88 bits per heavy atom. The minimum atomic E-state index is -2.79. The van der Waals surface area contributed by atoms with Crippen molar-refractivity contribution in [3.8, 4) is 0 Å². The van der Waals surface area contributed by atoms with Crippen molar-refractivity contribution in [1.82, 2.24) is 0 Å². The van der Waals surface area contributed by atoms with E-state index in [-0.39, 0.29) is 6.16 Å². The minimum absolute atomic E-state index is 0.240. The van der Waals surface area contributed by atoms with Gasteiger partial charge in [-0.1, -0.05) is 13.0 Å². The van der Waals surface area contributed by atoms with Gasteiger partial charge in [-0.25, -0.2) is 0 Å². The van der Waals surface area contributed by atoms with E-state index >= 15 is 0 Å². The number of rotatable bonds is 3. The van der Waals surface area contributed by atoms with Gasteiger partial charge in [0.15, 0.2) is 0 Å². The van der Waals surface area contributed by atoms with Crippen LogP contribution in [-0.4, -0.2) is 17.2 Å². The molecule has 2 nitrogen and oxygen atoms in total. The first-order valence-electron chi connectivity index (χ1n) is 2.54. The van der Waals surface area contributed by atoms with Crippen molar-refractivity contribution in [3.05, 3.63) is 12.7 Å². The summed E-state index contributed by atoms with van der Waals surface area (Å²) < 4.78 is 10.7. The summed E-state index contributed by atoms with van der Waals surface area (Å²) in [5.41, 5.74) is 0. The van der Waals surface area contributed by atoms with Crippen LogP contribution in [0.4, 0.5) is 0 Å². The topological polar surface area (TPSA) is 37.3 Å². The van der Waals surface area contributed by atoms with E-state index < -0.39 is 7.37 Å². The zero-order valence-corrected chi connectivity index (χ0v) is 5.90. The first-order chi connectivity index (χ1) is 3.62. The average molecular weight is 134 g/mol. The Bertz CT molecular complexity index is 120. The molecule has 0 aromatic heterocycles. The SMILES string of the molecule is C=CCP(=O)(O)CC. The lowest BCUT2D eigenvalue weighted by molar-refractivity contribution is 0.483. The van der Waals surface area contributed by atoms with E-state index in [1.807, 2.05) is 0 Å². The highest BCUT2D eigenvalue weighted by molar-refractivity contribution is 7.58. The Hall–Kier alpha value is -0.0700. The van der Waals surface area contributed by atoms with E-state index in [2.05, 4.69) is 6.58 Å². The zero-order valence-electron chi connectivity index (χ0n) is 5.00. The molecule has 0 radical (unpaired) electrons. The molecule has 0 heterocycles. The molecule has 1 atom stereocenters. The third-order valence-corrected chi connectivity index (χ3v) is 2.73. The number of hydrogen-bond donors (Lipinski definition) is 1. The molecule has 3 heteroatoms. The summed E-state index contributed by atoms with van der Waals surface area (Å²) in [4.78, 5) is 8.81. The van der Waals surface area contributed by atoms with Gasteiger partial charge < -0.3 is 4.89 Å². The van der Waals surface area contributed by atoms with Crippen molar-refractivity contribution in [2.45, 2.75) is 6.92 Å². The molecule has 0 aliphatic heterocycles. The second kappa shape index (κ2) is 3.06. The molecule has 0 saturated carbocycles. The smallest absolute Gasteiger partial charge is 0.204 e. The van der Waals surface area contributed by atoms with Crippen LogP contribution in [0, 0.1) is 0 Å². The van der Waals surface area contributed by atoms with Crippen LogP contribution in [0.5, 0.6) is 0 Å². The fourth-order valence-electron chi connectivity index (χ4n) is 0.331. The zero-order chi connectivity index (χ0) is 6.62. The summed E-state index contributed by atoms with van der Waals surface area (Å²) >= 11 is 0. The van der Waals surface area contributed by atoms with Gasteiger partial charge in [-0.15, -0.1) is 6.58 Å². The van der Waals surface area contributed by atoms with Gasteiger partial charge in [0.25, 0.3) is 0 Å². The van der Waals surface area contributed by atoms with E-state index in [0.717, 1.165) is 0 Å². The quantitative estimate of drug-likeness (QED) is 0.468. The molecular weight excluding hydrogens is 123 g/mol. The second-order valence-electron chi connectivity index (χ2n) is 1.63. The second-order valence-corrected chi connectivity index (χ2v) is 4.32. The van der Waals surface area contributed by atoms with Gasteiger partial charge in [0.2, 0.25) is 7.37 Å². The van der Waals surface area contributed by atoms with Crippen LogP contribution in [0.1, 0.15) is 6.92 Å². The Morgan fingerprint density at radius 3 is 2.50 bits per heavy atom. The highest BCUT2D eigenvalue weighted by Crippen LogP contribution is 2.38. The Kier molecular flexibility index (Phi) is 3.03. The van der Waals surface area contributed by atoms with Crippen LogP contribution in [-0.2, 0) is 4.57 Å². The summed E-state index contributed by atoms with van der Waals surface area (Å²) in [7, 11) is -2.79. The van der Waals surface area contributed by atoms with Gasteiger partial charge in [-0.05, 0) is 0 Å². The first kappa shape index (κ1) is 7.93. The third-order valence-electron chi connectivity index (χ3n) is 0.909. The Balaban J connectivity index is 3.72. The van der Waals surface area contributed by atoms with Crippen LogP contribution in [0.15, 0.2) is 12.7 Å². The monoisotopic (exact) mass is 134 g/mol. The highest BCUT2D eigenvalue weighted by Gasteiger charge is 2.10. The molecule has 0 aromatic rings. The molecule has 0 rings (SSSR count). The van der Waals surface area contributed by atoms with Crippen LogP contribution in [0.2, 0.25) is 0 Å². The highest BCUT2D eigenvalue weighted by atomic mass is 31.2. The van der Waals surface area contributed by atoms with E-state index in [9.17, 15) is 4.57 Å². The predicted octanol–water partition coefficient (Wildman–Crippen LogP) is 1.46. The van der Waals surface area contributed by atoms with Crippen molar-refractivity contribution < 1.29 is 9.46 Å². The molecule has 1 N–H and O–H groups in total. The summed E-state index contributed by atoms with van der Waals surface area (Å²) in [6, 6.07) is 0. The lowest BCUT2D eigenvalue weighted by Gasteiger charge is -2.02. The normalized spacial score (nSPS) is 17.2. The minimum Gasteiger partial charge on any atom is -0.344 e. The maximum Gasteiger partial charge on any atom is 0.204 e. The lowest BCUT2D eigenvalue weighted by atomic mass is 10.8. The van der Waals surface area contributed by atoms with Crippen molar-refractivity contribution in [2.75, 3.05) is 12.3 Å². The Morgan fingerprint density at radius 2 is 2.38 bits per heavy atom. The van der Waals surface area contributed by atoms with Crippen LogP contribution >= 0.6 is 7.37 Å². The van der Waals surface area contributed by atoms with Gasteiger partial charge in [-0.3, -0.25) is 4.57 Å². The average Bonchev–Trinajstić information content (AvgIpc) is 1.67. The van der Waals surface area contributed by atoms with Crippen molar-refractivity contribution in [2.24, 2.45) is 0 Å². The molecule has 48 valence electrons. The van der Waals surface area contributed by atoms with E-state index in [0.29, 0.717) is 6.16 Å². The van der Waals surface area contributed by atoms with Crippen LogP contribution in [0.25, 0.3) is 0 Å². The van der Waals surface area contributed by atoms with Gasteiger partial charge in [0.05, 0.1) is 0 Å². The molecule has 0 aliphatic carbocycles. The molecule has 0 saturated heterocycles. The number of allylic oxidation sites excluding steroid dienone is 1. The fraction of sp³-hybridized carbons (Fsp3) is 0.600. The third kappa shape index (κ3) is 3.00. The summed E-state index contributed by atoms with van der Waals surface area (Å²) in [6.45, 7) is 5.06. The summed E-state index contributed by atoms with van der Waals surface area (Å²) in [5.74, 6) is 0. The van der Waals surface area contributed by atoms with Crippen molar-refractivity contribution in [1.29, 1.82) is 0 Å². The molecular formula is C5H11O2P. The maximum atomic E-state index is 10.7. The molecule has 0 aliphatic rings. The molecule has 0 aromatic carbocycles. The molecule has 0 spiro atoms. The van der Waals surface area contributed by atoms with E-state index in [1.165, 1.54) is 6.08 Å². The van der Waals surface area contributed by atoms with Crippen LogP contribution < -0.4 is 0 Å². The van der Waals surface area contributed by atoms with E-state index in [4.69, 9.17) is 4.89 Å². The number of hydrogen-bond acceptors (Lipinski definition) is 1. The standard InChI is InChI=1S/C5H11O2P/c1-3-5-8(6,7)4-2/h3H,1,4-5H2,2H3,(H,6,7). The lowest BCUT2D eigenvalue weighted by Crippen LogP contribution is -1.85. The fourth-order valence-corrected chi connectivity index (χ4v) is 0.992. The molecule has 0 amide bonds. The Labute approximate surface area is 49.7 Å². The van der Waals surface area contributed by atoms with Gasteiger partial charge in [0.1, 0.15) is 0 Å². The van der Waals surface area contributed by atoms with Crippen molar-refractivity contribution >= 4 is 7.37 Å². The largest absolute Gasteiger partial charge is 0.344 e. The van der Waals surface area contributed by atoms with Gasteiger partial charge in [0, 0.05) is 12.3 Å². The molecule has 0 fully saturated rings.